The quantitative estimate of drug-likeness (QED) is 0.483. The van der Waals surface area contributed by atoms with Crippen LogP contribution in [0.1, 0.15) is 51.3 Å². The second-order valence-corrected chi connectivity index (χ2v) is 6.62. The van der Waals surface area contributed by atoms with E-state index in [2.05, 4.69) is 9.97 Å². The van der Waals surface area contributed by atoms with Crippen molar-refractivity contribution in [3.63, 3.8) is 0 Å². The van der Waals surface area contributed by atoms with E-state index in [1.807, 2.05) is 31.5 Å². The van der Waals surface area contributed by atoms with Gasteiger partial charge in [-0.1, -0.05) is 37.8 Å². The molecule has 0 fully saturated rings. The Bertz CT molecular complexity index is 614. The lowest BCUT2D eigenvalue weighted by molar-refractivity contribution is 0.0512. The number of hydrogen-bond acceptors (Lipinski definition) is 5. The summed E-state index contributed by atoms with van der Waals surface area (Å²) in [7, 11) is 0. The predicted molar refractivity (Wildman–Crippen MR) is 108 cm³/mol. The third-order valence-corrected chi connectivity index (χ3v) is 4.42. The number of aryl methyl sites for hydroxylation is 1. The molecule has 1 N–H and O–H groups in total. The minimum atomic E-state index is 0.269. The van der Waals surface area contributed by atoms with E-state index in [0.29, 0.717) is 13.2 Å². The summed E-state index contributed by atoms with van der Waals surface area (Å²) in [5, 5.41) is 9.35. The van der Waals surface area contributed by atoms with Gasteiger partial charge in [0.1, 0.15) is 11.6 Å². The van der Waals surface area contributed by atoms with Gasteiger partial charge in [0.2, 0.25) is 0 Å². The van der Waals surface area contributed by atoms with E-state index < -0.39 is 0 Å². The Hall–Kier alpha value is -1.98. The number of phenolic OH excluding ortho intramolecular Hbond substituents is 1. The Labute approximate surface area is 162 Å². The predicted octanol–water partition coefficient (Wildman–Crippen LogP) is 4.79. The number of ether oxygens (including phenoxy) is 2. The Kier molecular flexibility index (Phi) is 10.4. The first kappa shape index (κ1) is 21.3. The number of rotatable bonds is 14. The molecule has 1 aromatic heterocycles. The van der Waals surface area contributed by atoms with Crippen molar-refractivity contribution in [1.29, 1.82) is 0 Å². The van der Waals surface area contributed by atoms with Crippen LogP contribution in [0.15, 0.2) is 36.7 Å². The minimum absolute atomic E-state index is 0.269. The van der Waals surface area contributed by atoms with Crippen LogP contribution in [0, 0.1) is 0 Å². The lowest BCUT2D eigenvalue weighted by Gasteiger charge is -2.05. The van der Waals surface area contributed by atoms with Crippen molar-refractivity contribution < 1.29 is 14.6 Å². The first-order valence-electron chi connectivity index (χ1n) is 10.1. The number of benzene rings is 1. The molecule has 1 aromatic carbocycles. The fraction of sp³-hybridized carbons (Fsp3) is 0.545. The molecule has 1 heterocycles. The summed E-state index contributed by atoms with van der Waals surface area (Å²) < 4.78 is 10.7. The molecule has 0 amide bonds. The van der Waals surface area contributed by atoms with Crippen molar-refractivity contribution in [2.24, 2.45) is 0 Å². The van der Waals surface area contributed by atoms with Gasteiger partial charge in [0, 0.05) is 37.6 Å². The maximum atomic E-state index is 9.35. The standard InChI is InChI=1S/C22H32N2O3/c1-2-26-15-16-27-14-8-6-4-3-5-7-9-22-23-17-20(18-24-22)19-10-12-21(25)13-11-19/h10-13,17-18,25H,2-9,14-16H2,1H3. The van der Waals surface area contributed by atoms with Gasteiger partial charge in [-0.3, -0.25) is 0 Å². The maximum absolute atomic E-state index is 9.35. The Morgan fingerprint density at radius 3 is 2.07 bits per heavy atom. The molecule has 0 saturated heterocycles. The first-order chi connectivity index (χ1) is 13.3. The normalized spacial score (nSPS) is 11.0. The Balaban J connectivity index is 1.50. The topological polar surface area (TPSA) is 64.5 Å². The highest BCUT2D eigenvalue weighted by Gasteiger charge is 2.01. The Morgan fingerprint density at radius 1 is 0.741 bits per heavy atom. The lowest BCUT2D eigenvalue weighted by atomic mass is 10.1. The van der Waals surface area contributed by atoms with Crippen molar-refractivity contribution in [3.05, 3.63) is 42.5 Å². The van der Waals surface area contributed by atoms with Gasteiger partial charge in [-0.15, -0.1) is 0 Å². The second kappa shape index (κ2) is 13.2. The molecule has 0 atom stereocenters. The van der Waals surface area contributed by atoms with Gasteiger partial charge < -0.3 is 14.6 Å². The molecule has 0 aliphatic heterocycles. The van der Waals surface area contributed by atoms with Crippen LogP contribution < -0.4 is 0 Å². The van der Waals surface area contributed by atoms with Crippen LogP contribution in [0.2, 0.25) is 0 Å². The third kappa shape index (κ3) is 8.98. The average Bonchev–Trinajstić information content (AvgIpc) is 2.70. The molecule has 5 nitrogen and oxygen atoms in total. The highest BCUT2D eigenvalue weighted by atomic mass is 16.5. The van der Waals surface area contributed by atoms with Crippen molar-refractivity contribution in [2.45, 2.75) is 51.9 Å². The van der Waals surface area contributed by atoms with Crippen LogP contribution in [0.4, 0.5) is 0 Å². The molecule has 2 rings (SSSR count). The number of nitrogens with zero attached hydrogens (tertiary/aromatic N) is 2. The van der Waals surface area contributed by atoms with E-state index >= 15 is 0 Å². The molecule has 0 radical (unpaired) electrons. The highest BCUT2D eigenvalue weighted by Crippen LogP contribution is 2.20. The van der Waals surface area contributed by atoms with Gasteiger partial charge in [0.25, 0.3) is 0 Å². The van der Waals surface area contributed by atoms with E-state index in [0.717, 1.165) is 49.4 Å². The van der Waals surface area contributed by atoms with E-state index in [9.17, 15) is 5.11 Å². The molecular formula is C22H32N2O3. The monoisotopic (exact) mass is 372 g/mol. The zero-order valence-corrected chi connectivity index (χ0v) is 16.4. The number of aromatic nitrogens is 2. The van der Waals surface area contributed by atoms with Gasteiger partial charge in [0.15, 0.2) is 0 Å². The highest BCUT2D eigenvalue weighted by molar-refractivity contribution is 5.62. The summed E-state index contributed by atoms with van der Waals surface area (Å²) in [5.41, 5.74) is 1.99. The number of unbranched alkanes of at least 4 members (excludes halogenated alkanes) is 5. The summed E-state index contributed by atoms with van der Waals surface area (Å²) in [6, 6.07) is 7.10. The average molecular weight is 373 g/mol. The molecule has 0 spiro atoms. The van der Waals surface area contributed by atoms with Crippen LogP contribution >= 0.6 is 0 Å². The Morgan fingerprint density at radius 2 is 1.37 bits per heavy atom. The zero-order chi connectivity index (χ0) is 19.2. The van der Waals surface area contributed by atoms with Crippen molar-refractivity contribution in [1.82, 2.24) is 9.97 Å². The van der Waals surface area contributed by atoms with Crippen molar-refractivity contribution in [3.8, 4) is 16.9 Å². The summed E-state index contributed by atoms with van der Waals surface area (Å²) in [6.45, 7) is 5.01. The van der Waals surface area contributed by atoms with Gasteiger partial charge in [-0.25, -0.2) is 9.97 Å². The smallest absolute Gasteiger partial charge is 0.128 e. The lowest BCUT2D eigenvalue weighted by Crippen LogP contribution is -2.04. The second-order valence-electron chi connectivity index (χ2n) is 6.62. The largest absolute Gasteiger partial charge is 0.508 e. The van der Waals surface area contributed by atoms with Crippen molar-refractivity contribution in [2.75, 3.05) is 26.4 Å². The molecule has 0 saturated carbocycles. The van der Waals surface area contributed by atoms with E-state index in [1.54, 1.807) is 12.1 Å². The maximum Gasteiger partial charge on any atom is 0.128 e. The number of aromatic hydroxyl groups is 1. The molecule has 0 bridgehead atoms. The third-order valence-electron chi connectivity index (χ3n) is 4.42. The SMILES string of the molecule is CCOCCOCCCCCCCCc1ncc(-c2ccc(O)cc2)cn1. The van der Waals surface area contributed by atoms with Gasteiger partial charge >= 0.3 is 0 Å². The summed E-state index contributed by atoms with van der Waals surface area (Å²) in [4.78, 5) is 8.93. The van der Waals surface area contributed by atoms with Gasteiger partial charge in [-0.2, -0.15) is 0 Å². The van der Waals surface area contributed by atoms with E-state index in [1.165, 1.54) is 25.7 Å². The van der Waals surface area contributed by atoms with Gasteiger partial charge in [0.05, 0.1) is 13.2 Å². The van der Waals surface area contributed by atoms with E-state index in [4.69, 9.17) is 9.47 Å². The fourth-order valence-electron chi connectivity index (χ4n) is 2.85. The molecule has 27 heavy (non-hydrogen) atoms. The molecule has 0 aliphatic rings. The molecule has 2 aromatic rings. The zero-order valence-electron chi connectivity index (χ0n) is 16.4. The van der Waals surface area contributed by atoms with Crippen LogP contribution in [0.25, 0.3) is 11.1 Å². The number of phenols is 1. The molecule has 0 aliphatic carbocycles. The minimum Gasteiger partial charge on any atom is -0.508 e. The van der Waals surface area contributed by atoms with Crippen LogP contribution in [-0.2, 0) is 15.9 Å². The van der Waals surface area contributed by atoms with Gasteiger partial charge in [-0.05, 0) is 37.5 Å². The van der Waals surface area contributed by atoms with E-state index in [-0.39, 0.29) is 5.75 Å². The van der Waals surface area contributed by atoms with Crippen LogP contribution in [0.3, 0.4) is 0 Å². The summed E-state index contributed by atoms with van der Waals surface area (Å²) in [6.07, 6.45) is 11.9. The van der Waals surface area contributed by atoms with Crippen molar-refractivity contribution >= 4 is 0 Å². The molecule has 0 unspecified atom stereocenters. The van der Waals surface area contributed by atoms with Crippen LogP contribution in [0.5, 0.6) is 5.75 Å². The summed E-state index contributed by atoms with van der Waals surface area (Å²) >= 11 is 0. The molecular weight excluding hydrogens is 340 g/mol. The molecule has 5 heteroatoms. The molecule has 148 valence electrons. The number of hydrogen-bond donors (Lipinski definition) is 1. The fourth-order valence-corrected chi connectivity index (χ4v) is 2.85. The first-order valence-corrected chi connectivity index (χ1v) is 10.1. The van der Waals surface area contributed by atoms with Crippen LogP contribution in [-0.4, -0.2) is 41.5 Å². The summed E-state index contributed by atoms with van der Waals surface area (Å²) in [5.74, 6) is 1.17.